The zero-order valence-electron chi connectivity index (χ0n) is 12.2. The smallest absolute Gasteiger partial charge is 0.163 e. The SMILES string of the molecule is Cn1ncc2c(NN)nc(CN3CCC(CCO)C3)nc21. The maximum Gasteiger partial charge on any atom is 0.163 e. The molecular formula is C13H21N7O. The number of fused-ring (bicyclic) bond motifs is 1. The van der Waals surface area contributed by atoms with E-state index in [2.05, 4.69) is 25.4 Å². The number of aromatic nitrogens is 4. The third-order valence-corrected chi connectivity index (χ3v) is 4.05. The van der Waals surface area contributed by atoms with Gasteiger partial charge in [-0.1, -0.05) is 0 Å². The minimum atomic E-state index is 0.261. The van der Waals surface area contributed by atoms with Crippen LogP contribution in [0.4, 0.5) is 5.82 Å². The molecule has 0 radical (unpaired) electrons. The summed E-state index contributed by atoms with van der Waals surface area (Å²) in [7, 11) is 1.85. The number of anilines is 1. The number of nitrogens with one attached hydrogen (secondary N) is 1. The van der Waals surface area contributed by atoms with E-state index >= 15 is 0 Å². The number of rotatable bonds is 5. The van der Waals surface area contributed by atoms with Crippen LogP contribution in [0.25, 0.3) is 11.0 Å². The number of aryl methyl sites for hydroxylation is 1. The van der Waals surface area contributed by atoms with Gasteiger partial charge in [0.05, 0.1) is 18.1 Å². The van der Waals surface area contributed by atoms with E-state index in [-0.39, 0.29) is 6.61 Å². The number of hydrogen-bond donors (Lipinski definition) is 3. The second kappa shape index (κ2) is 5.92. The Morgan fingerprint density at radius 1 is 1.48 bits per heavy atom. The molecular weight excluding hydrogens is 270 g/mol. The van der Waals surface area contributed by atoms with Crippen molar-refractivity contribution in [3.05, 3.63) is 12.0 Å². The van der Waals surface area contributed by atoms with Gasteiger partial charge in [0.25, 0.3) is 0 Å². The number of nitrogens with two attached hydrogens (primary N) is 1. The second-order valence-corrected chi connectivity index (χ2v) is 5.54. The molecule has 0 bridgehead atoms. The van der Waals surface area contributed by atoms with Crippen molar-refractivity contribution >= 4 is 16.9 Å². The Kier molecular flexibility index (Phi) is 4.00. The highest BCUT2D eigenvalue weighted by atomic mass is 16.3. The molecule has 1 aliphatic rings. The van der Waals surface area contributed by atoms with Gasteiger partial charge in [0.15, 0.2) is 11.5 Å². The number of hydrazine groups is 1. The van der Waals surface area contributed by atoms with Crippen LogP contribution in [0.5, 0.6) is 0 Å². The first-order valence-electron chi connectivity index (χ1n) is 7.19. The molecule has 0 amide bonds. The number of hydrogen-bond acceptors (Lipinski definition) is 7. The average molecular weight is 291 g/mol. The fourth-order valence-corrected chi connectivity index (χ4v) is 2.92. The van der Waals surface area contributed by atoms with E-state index in [0.717, 1.165) is 42.8 Å². The molecule has 8 heteroatoms. The fourth-order valence-electron chi connectivity index (χ4n) is 2.92. The predicted molar refractivity (Wildman–Crippen MR) is 79.2 cm³/mol. The second-order valence-electron chi connectivity index (χ2n) is 5.54. The molecule has 0 spiro atoms. The van der Waals surface area contributed by atoms with Crippen LogP contribution in [0, 0.1) is 5.92 Å². The van der Waals surface area contributed by atoms with Crippen LogP contribution in [0.2, 0.25) is 0 Å². The zero-order chi connectivity index (χ0) is 14.8. The Morgan fingerprint density at radius 3 is 3.10 bits per heavy atom. The van der Waals surface area contributed by atoms with Gasteiger partial charge in [-0.05, 0) is 25.3 Å². The summed E-state index contributed by atoms with van der Waals surface area (Å²) in [5.74, 6) is 7.46. The van der Waals surface area contributed by atoms with Crippen molar-refractivity contribution in [3.8, 4) is 0 Å². The fraction of sp³-hybridized carbons (Fsp3) is 0.615. The van der Waals surface area contributed by atoms with Crippen LogP contribution < -0.4 is 11.3 Å². The molecule has 3 heterocycles. The highest BCUT2D eigenvalue weighted by molar-refractivity contribution is 5.86. The van der Waals surface area contributed by atoms with Crippen LogP contribution in [0.3, 0.4) is 0 Å². The summed E-state index contributed by atoms with van der Waals surface area (Å²) in [6.45, 7) is 2.95. The van der Waals surface area contributed by atoms with Crippen LogP contribution in [-0.2, 0) is 13.6 Å². The molecule has 114 valence electrons. The summed E-state index contributed by atoms with van der Waals surface area (Å²) in [6, 6.07) is 0. The van der Waals surface area contributed by atoms with Crippen LogP contribution in [-0.4, -0.2) is 49.5 Å². The Labute approximate surface area is 122 Å². The lowest BCUT2D eigenvalue weighted by molar-refractivity contribution is 0.248. The van der Waals surface area contributed by atoms with Crippen LogP contribution in [0.15, 0.2) is 6.20 Å². The largest absolute Gasteiger partial charge is 0.396 e. The van der Waals surface area contributed by atoms with E-state index in [1.54, 1.807) is 10.9 Å². The molecule has 0 aliphatic carbocycles. The molecule has 0 saturated carbocycles. The number of aliphatic hydroxyl groups is 1. The van der Waals surface area contributed by atoms with Gasteiger partial charge in [0.2, 0.25) is 0 Å². The maximum atomic E-state index is 9.02. The van der Waals surface area contributed by atoms with E-state index in [4.69, 9.17) is 10.9 Å². The summed E-state index contributed by atoms with van der Waals surface area (Å²) in [6.07, 6.45) is 3.70. The first-order chi connectivity index (χ1) is 10.2. The van der Waals surface area contributed by atoms with E-state index in [1.807, 2.05) is 7.05 Å². The molecule has 4 N–H and O–H groups in total. The average Bonchev–Trinajstić information content (AvgIpc) is 3.07. The third-order valence-electron chi connectivity index (χ3n) is 4.05. The molecule has 2 aromatic rings. The summed E-state index contributed by atoms with van der Waals surface area (Å²) in [5, 5.41) is 14.0. The first kappa shape index (κ1) is 14.2. The molecule has 1 fully saturated rings. The summed E-state index contributed by atoms with van der Waals surface area (Å²) in [5.41, 5.74) is 3.40. The monoisotopic (exact) mass is 291 g/mol. The van der Waals surface area contributed by atoms with Crippen molar-refractivity contribution < 1.29 is 5.11 Å². The summed E-state index contributed by atoms with van der Waals surface area (Å²) < 4.78 is 1.72. The highest BCUT2D eigenvalue weighted by Crippen LogP contribution is 2.22. The molecule has 1 unspecified atom stereocenters. The topological polar surface area (TPSA) is 105 Å². The van der Waals surface area contributed by atoms with Crippen molar-refractivity contribution in [3.63, 3.8) is 0 Å². The standard InChI is InChI=1S/C13H21N7O/c1-19-13-10(6-15-19)12(18-14)16-11(17-13)8-20-4-2-9(7-20)3-5-21/h6,9,21H,2-5,7-8,14H2,1H3,(H,16,17,18). The van der Waals surface area contributed by atoms with Gasteiger partial charge in [-0.25, -0.2) is 15.8 Å². The zero-order valence-corrected chi connectivity index (χ0v) is 12.2. The summed E-state index contributed by atoms with van der Waals surface area (Å²) in [4.78, 5) is 11.4. The number of nitrogens with zero attached hydrogens (tertiary/aromatic N) is 5. The predicted octanol–water partition coefficient (Wildman–Crippen LogP) is -0.147. The van der Waals surface area contributed by atoms with Gasteiger partial charge < -0.3 is 10.5 Å². The van der Waals surface area contributed by atoms with Crippen molar-refractivity contribution in [1.29, 1.82) is 0 Å². The Hall–Kier alpha value is -1.77. The third kappa shape index (κ3) is 2.82. The lowest BCUT2D eigenvalue weighted by atomic mass is 10.1. The van der Waals surface area contributed by atoms with Gasteiger partial charge in [0.1, 0.15) is 5.82 Å². The molecule has 21 heavy (non-hydrogen) atoms. The van der Waals surface area contributed by atoms with Crippen LogP contribution in [0.1, 0.15) is 18.7 Å². The molecule has 1 atom stereocenters. The van der Waals surface area contributed by atoms with Gasteiger partial charge in [-0.15, -0.1) is 0 Å². The Bertz CT molecular complexity index is 626. The highest BCUT2D eigenvalue weighted by Gasteiger charge is 2.23. The Morgan fingerprint density at radius 2 is 2.33 bits per heavy atom. The van der Waals surface area contributed by atoms with Gasteiger partial charge in [0, 0.05) is 20.2 Å². The molecule has 8 nitrogen and oxygen atoms in total. The summed E-state index contributed by atoms with van der Waals surface area (Å²) >= 11 is 0. The quantitative estimate of drug-likeness (QED) is 0.520. The lowest BCUT2D eigenvalue weighted by Crippen LogP contribution is -2.22. The Balaban J connectivity index is 1.79. The molecule has 3 rings (SSSR count). The minimum Gasteiger partial charge on any atom is -0.396 e. The van der Waals surface area contributed by atoms with Crippen molar-refractivity contribution in [2.75, 3.05) is 25.1 Å². The van der Waals surface area contributed by atoms with Crippen molar-refractivity contribution in [2.24, 2.45) is 18.8 Å². The van der Waals surface area contributed by atoms with Crippen molar-refractivity contribution in [1.82, 2.24) is 24.6 Å². The molecule has 1 aliphatic heterocycles. The van der Waals surface area contributed by atoms with Gasteiger partial charge in [-0.3, -0.25) is 9.58 Å². The minimum absolute atomic E-state index is 0.261. The molecule has 0 aromatic carbocycles. The first-order valence-corrected chi connectivity index (χ1v) is 7.19. The maximum absolute atomic E-state index is 9.02. The van der Waals surface area contributed by atoms with E-state index in [0.29, 0.717) is 18.3 Å². The molecule has 1 saturated heterocycles. The normalized spacial score (nSPS) is 19.5. The van der Waals surface area contributed by atoms with Crippen molar-refractivity contribution in [2.45, 2.75) is 19.4 Å². The lowest BCUT2D eigenvalue weighted by Gasteiger charge is -2.15. The number of nitrogen functional groups attached to an aromatic ring is 1. The van der Waals surface area contributed by atoms with Gasteiger partial charge in [-0.2, -0.15) is 5.10 Å². The van der Waals surface area contributed by atoms with E-state index in [9.17, 15) is 0 Å². The number of likely N-dealkylation sites (tertiary alicyclic amines) is 1. The molecule has 2 aromatic heterocycles. The van der Waals surface area contributed by atoms with Gasteiger partial charge >= 0.3 is 0 Å². The van der Waals surface area contributed by atoms with E-state index in [1.165, 1.54) is 0 Å². The van der Waals surface area contributed by atoms with E-state index < -0.39 is 0 Å². The number of aliphatic hydroxyl groups excluding tert-OH is 1. The van der Waals surface area contributed by atoms with Crippen LogP contribution >= 0.6 is 0 Å².